The van der Waals surface area contributed by atoms with Crippen molar-refractivity contribution in [2.24, 2.45) is 0 Å². The van der Waals surface area contributed by atoms with Gasteiger partial charge >= 0.3 is 6.03 Å². The minimum absolute atomic E-state index is 0.332. The molecule has 6 nitrogen and oxygen atoms in total. The van der Waals surface area contributed by atoms with Gasteiger partial charge < -0.3 is 19.9 Å². The summed E-state index contributed by atoms with van der Waals surface area (Å²) in [6, 6.07) is 2.80. The Balaban J connectivity index is 1.87. The van der Waals surface area contributed by atoms with Gasteiger partial charge in [-0.15, -0.1) is 0 Å². The average molecular weight is 329 g/mol. The molecular formula is C13H14Cl2N4O2. The second-order valence-electron chi connectivity index (χ2n) is 4.15. The highest BCUT2D eigenvalue weighted by atomic mass is 35.5. The number of hydrogen-bond donors (Lipinski definition) is 2. The van der Waals surface area contributed by atoms with Gasteiger partial charge in [0.25, 0.3) is 0 Å². The first kappa shape index (κ1) is 15.5. The molecule has 0 unspecified atom stereocenters. The molecule has 1 aromatic carbocycles. The van der Waals surface area contributed by atoms with Crippen LogP contribution in [0, 0.1) is 0 Å². The first-order chi connectivity index (χ1) is 10.1. The van der Waals surface area contributed by atoms with Crippen molar-refractivity contribution in [3.05, 3.63) is 40.9 Å². The Labute approximate surface area is 132 Å². The fourth-order valence-corrected chi connectivity index (χ4v) is 2.36. The molecule has 0 aliphatic carbocycles. The van der Waals surface area contributed by atoms with Crippen molar-refractivity contribution in [2.75, 3.05) is 19.0 Å². The first-order valence-corrected chi connectivity index (χ1v) is 6.89. The molecule has 2 rings (SSSR count). The number of amides is 2. The average Bonchev–Trinajstić information content (AvgIpc) is 2.91. The zero-order valence-electron chi connectivity index (χ0n) is 11.3. The van der Waals surface area contributed by atoms with Gasteiger partial charge in [-0.3, -0.25) is 0 Å². The van der Waals surface area contributed by atoms with Crippen molar-refractivity contribution in [2.45, 2.75) is 6.54 Å². The van der Waals surface area contributed by atoms with Gasteiger partial charge in [0.05, 0.1) is 23.5 Å². The summed E-state index contributed by atoms with van der Waals surface area (Å²) in [5, 5.41) is 6.04. The van der Waals surface area contributed by atoms with E-state index in [1.807, 2.05) is 10.8 Å². The van der Waals surface area contributed by atoms with Gasteiger partial charge in [0.1, 0.15) is 0 Å². The van der Waals surface area contributed by atoms with Gasteiger partial charge in [0.15, 0.2) is 5.75 Å². The topological polar surface area (TPSA) is 68.2 Å². The van der Waals surface area contributed by atoms with Crippen LogP contribution in [0.2, 0.25) is 10.0 Å². The van der Waals surface area contributed by atoms with E-state index in [2.05, 4.69) is 15.6 Å². The lowest BCUT2D eigenvalue weighted by atomic mass is 10.3. The summed E-state index contributed by atoms with van der Waals surface area (Å²) in [7, 11) is 1.48. The molecule has 0 saturated carbocycles. The van der Waals surface area contributed by atoms with Crippen molar-refractivity contribution in [1.82, 2.24) is 14.9 Å². The number of imidazole rings is 1. The van der Waals surface area contributed by atoms with E-state index in [0.717, 1.165) is 0 Å². The Bertz CT molecular complexity index is 594. The number of ether oxygens (including phenoxy) is 1. The van der Waals surface area contributed by atoms with Crippen molar-refractivity contribution in [3.8, 4) is 5.75 Å². The molecule has 0 aliphatic heterocycles. The molecule has 2 N–H and O–H groups in total. The Morgan fingerprint density at radius 2 is 2.10 bits per heavy atom. The quantitative estimate of drug-likeness (QED) is 0.886. The maximum Gasteiger partial charge on any atom is 0.319 e. The molecule has 1 aromatic heterocycles. The van der Waals surface area contributed by atoms with Crippen LogP contribution in [0.25, 0.3) is 0 Å². The lowest BCUT2D eigenvalue weighted by molar-refractivity contribution is 0.251. The largest absolute Gasteiger partial charge is 0.494 e. The van der Waals surface area contributed by atoms with E-state index in [9.17, 15) is 4.79 Å². The Morgan fingerprint density at radius 1 is 1.38 bits per heavy atom. The second kappa shape index (κ2) is 7.19. The van der Waals surface area contributed by atoms with Gasteiger partial charge in [-0.25, -0.2) is 9.78 Å². The highest BCUT2D eigenvalue weighted by Gasteiger charge is 2.10. The number of benzene rings is 1. The molecule has 8 heteroatoms. The fraction of sp³-hybridized carbons (Fsp3) is 0.231. The zero-order valence-corrected chi connectivity index (χ0v) is 12.8. The monoisotopic (exact) mass is 328 g/mol. The number of nitrogens with zero attached hydrogens (tertiary/aromatic N) is 2. The van der Waals surface area contributed by atoms with Crippen LogP contribution in [0.3, 0.4) is 0 Å². The Morgan fingerprint density at radius 3 is 2.67 bits per heavy atom. The third-order valence-electron chi connectivity index (χ3n) is 2.68. The van der Waals surface area contributed by atoms with Crippen molar-refractivity contribution < 1.29 is 9.53 Å². The zero-order chi connectivity index (χ0) is 15.2. The third-order valence-corrected chi connectivity index (χ3v) is 3.24. The smallest absolute Gasteiger partial charge is 0.319 e. The van der Waals surface area contributed by atoms with Crippen molar-refractivity contribution in [3.63, 3.8) is 0 Å². The maximum absolute atomic E-state index is 11.8. The molecule has 0 spiro atoms. The van der Waals surface area contributed by atoms with Crippen LogP contribution in [-0.2, 0) is 6.54 Å². The maximum atomic E-state index is 11.8. The SMILES string of the molecule is COc1c(Cl)cc(NC(=O)NCCn2ccnc2)cc1Cl. The second-order valence-corrected chi connectivity index (χ2v) is 4.97. The van der Waals surface area contributed by atoms with E-state index >= 15 is 0 Å². The van der Waals surface area contributed by atoms with E-state index in [4.69, 9.17) is 27.9 Å². The molecule has 112 valence electrons. The number of methoxy groups -OCH3 is 1. The Hall–Kier alpha value is -1.92. The van der Waals surface area contributed by atoms with Crippen LogP contribution in [0.1, 0.15) is 0 Å². The standard InChI is InChI=1S/C13H14Cl2N4O2/c1-21-12-10(14)6-9(7-11(12)15)18-13(20)17-3-5-19-4-2-16-8-19/h2,4,6-8H,3,5H2,1H3,(H2,17,18,20). The van der Waals surface area contributed by atoms with Gasteiger partial charge in [0, 0.05) is 31.2 Å². The fourth-order valence-electron chi connectivity index (χ4n) is 1.72. The summed E-state index contributed by atoms with van der Waals surface area (Å²) in [5.41, 5.74) is 0.492. The van der Waals surface area contributed by atoms with E-state index < -0.39 is 0 Å². The molecule has 0 radical (unpaired) electrons. The number of carbonyl (C=O) groups excluding carboxylic acids is 1. The summed E-state index contributed by atoms with van der Waals surface area (Å²) >= 11 is 12.0. The molecular weight excluding hydrogens is 315 g/mol. The van der Waals surface area contributed by atoms with Gasteiger partial charge in [-0.05, 0) is 12.1 Å². The summed E-state index contributed by atoms with van der Waals surface area (Å²) in [4.78, 5) is 15.7. The van der Waals surface area contributed by atoms with E-state index in [1.54, 1.807) is 24.7 Å². The van der Waals surface area contributed by atoms with E-state index in [1.165, 1.54) is 7.11 Å². The normalized spacial score (nSPS) is 10.2. The van der Waals surface area contributed by atoms with Crippen LogP contribution in [-0.4, -0.2) is 29.2 Å². The van der Waals surface area contributed by atoms with Gasteiger partial charge in [0.2, 0.25) is 0 Å². The Kier molecular flexibility index (Phi) is 5.30. The highest BCUT2D eigenvalue weighted by Crippen LogP contribution is 2.35. The van der Waals surface area contributed by atoms with E-state index in [-0.39, 0.29) is 6.03 Å². The molecule has 0 atom stereocenters. The summed E-state index contributed by atoms with van der Waals surface area (Å²) in [6.07, 6.45) is 5.19. The molecule has 2 aromatic rings. The number of carbonyl (C=O) groups is 1. The molecule has 1 heterocycles. The van der Waals surface area contributed by atoms with Crippen LogP contribution in [0.5, 0.6) is 5.75 Å². The summed E-state index contributed by atoms with van der Waals surface area (Å²) < 4.78 is 6.90. The number of urea groups is 1. The summed E-state index contributed by atoms with van der Waals surface area (Å²) in [6.45, 7) is 1.11. The molecule has 0 fully saturated rings. The number of halogens is 2. The number of rotatable bonds is 5. The predicted molar refractivity (Wildman–Crippen MR) is 82.3 cm³/mol. The van der Waals surface area contributed by atoms with Crippen LogP contribution in [0.4, 0.5) is 10.5 Å². The summed E-state index contributed by atoms with van der Waals surface area (Å²) in [5.74, 6) is 0.379. The molecule has 0 bridgehead atoms. The molecule has 0 aliphatic rings. The van der Waals surface area contributed by atoms with Crippen molar-refractivity contribution in [1.29, 1.82) is 0 Å². The van der Waals surface area contributed by atoms with Gasteiger partial charge in [-0.1, -0.05) is 23.2 Å². The number of anilines is 1. The predicted octanol–water partition coefficient (Wildman–Crippen LogP) is 3.02. The van der Waals surface area contributed by atoms with E-state index in [0.29, 0.717) is 34.6 Å². The van der Waals surface area contributed by atoms with Crippen LogP contribution >= 0.6 is 23.2 Å². The molecule has 2 amide bonds. The minimum atomic E-state index is -0.340. The van der Waals surface area contributed by atoms with Crippen LogP contribution < -0.4 is 15.4 Å². The molecule has 21 heavy (non-hydrogen) atoms. The molecule has 0 saturated heterocycles. The lowest BCUT2D eigenvalue weighted by Gasteiger charge is -2.11. The highest BCUT2D eigenvalue weighted by molar-refractivity contribution is 6.37. The third kappa shape index (κ3) is 4.27. The van der Waals surface area contributed by atoms with Gasteiger partial charge in [-0.2, -0.15) is 0 Å². The number of nitrogens with one attached hydrogen (secondary N) is 2. The number of hydrogen-bond acceptors (Lipinski definition) is 3. The minimum Gasteiger partial charge on any atom is -0.494 e. The van der Waals surface area contributed by atoms with Crippen molar-refractivity contribution >= 4 is 34.9 Å². The first-order valence-electron chi connectivity index (χ1n) is 6.14. The lowest BCUT2D eigenvalue weighted by Crippen LogP contribution is -2.31. The number of aromatic nitrogens is 2. The van der Waals surface area contributed by atoms with Crippen LogP contribution in [0.15, 0.2) is 30.9 Å².